The van der Waals surface area contributed by atoms with Crippen LogP contribution in [0.2, 0.25) is 0 Å². The molecule has 0 saturated heterocycles. The molecule has 17 heavy (non-hydrogen) atoms. The van der Waals surface area contributed by atoms with Gasteiger partial charge in [0.1, 0.15) is 5.82 Å². The van der Waals surface area contributed by atoms with Gasteiger partial charge in [0, 0.05) is 6.20 Å². The van der Waals surface area contributed by atoms with Gasteiger partial charge in [0.05, 0.1) is 6.04 Å². The number of aromatic nitrogens is 1. The average Bonchev–Trinajstić information content (AvgIpc) is 2.73. The minimum absolute atomic E-state index is 0.417. The number of anilines is 1. The minimum Gasteiger partial charge on any atom is -0.363 e. The van der Waals surface area contributed by atoms with E-state index in [0.29, 0.717) is 6.04 Å². The Morgan fingerprint density at radius 1 is 1.24 bits per heavy atom. The van der Waals surface area contributed by atoms with Crippen molar-refractivity contribution in [2.75, 3.05) is 5.32 Å². The Morgan fingerprint density at radius 3 is 3.00 bits per heavy atom. The summed E-state index contributed by atoms with van der Waals surface area (Å²) >= 11 is 0. The molecule has 1 aliphatic carbocycles. The van der Waals surface area contributed by atoms with Crippen LogP contribution in [0.3, 0.4) is 0 Å². The maximum absolute atomic E-state index is 4.36. The SMILES string of the molecule is Cc1ccnc(NC2CCc3ccccc32)c1. The van der Waals surface area contributed by atoms with Gasteiger partial charge in [0.15, 0.2) is 0 Å². The molecule has 1 aromatic carbocycles. The summed E-state index contributed by atoms with van der Waals surface area (Å²) in [6.07, 6.45) is 4.19. The Morgan fingerprint density at radius 2 is 2.12 bits per heavy atom. The first-order chi connectivity index (χ1) is 8.33. The van der Waals surface area contributed by atoms with Crippen molar-refractivity contribution in [2.45, 2.75) is 25.8 Å². The van der Waals surface area contributed by atoms with E-state index in [1.807, 2.05) is 12.3 Å². The summed E-state index contributed by atoms with van der Waals surface area (Å²) < 4.78 is 0. The molecule has 1 aliphatic rings. The fourth-order valence-electron chi connectivity index (χ4n) is 2.50. The number of aryl methyl sites for hydroxylation is 2. The van der Waals surface area contributed by atoms with Gasteiger partial charge in [0.2, 0.25) is 0 Å². The first-order valence-corrected chi connectivity index (χ1v) is 6.10. The smallest absolute Gasteiger partial charge is 0.126 e. The van der Waals surface area contributed by atoms with Crippen LogP contribution in [0.4, 0.5) is 5.82 Å². The second kappa shape index (κ2) is 4.21. The molecule has 86 valence electrons. The Labute approximate surface area is 102 Å². The molecule has 0 bridgehead atoms. The maximum atomic E-state index is 4.36. The van der Waals surface area contributed by atoms with E-state index < -0.39 is 0 Å². The van der Waals surface area contributed by atoms with Gasteiger partial charge in [-0.15, -0.1) is 0 Å². The predicted molar refractivity (Wildman–Crippen MR) is 70.1 cm³/mol. The zero-order chi connectivity index (χ0) is 11.7. The number of hydrogen-bond donors (Lipinski definition) is 1. The molecule has 0 radical (unpaired) electrons. The molecule has 0 aliphatic heterocycles. The van der Waals surface area contributed by atoms with Crippen LogP contribution in [0.1, 0.15) is 29.2 Å². The van der Waals surface area contributed by atoms with E-state index in [2.05, 4.69) is 47.6 Å². The van der Waals surface area contributed by atoms with Crippen molar-refractivity contribution in [3.63, 3.8) is 0 Å². The van der Waals surface area contributed by atoms with E-state index in [-0.39, 0.29) is 0 Å². The van der Waals surface area contributed by atoms with Crippen LogP contribution in [0.5, 0.6) is 0 Å². The average molecular weight is 224 g/mol. The van der Waals surface area contributed by atoms with Crippen LogP contribution >= 0.6 is 0 Å². The monoisotopic (exact) mass is 224 g/mol. The molecule has 0 fully saturated rings. The minimum atomic E-state index is 0.417. The summed E-state index contributed by atoms with van der Waals surface area (Å²) in [6.45, 7) is 2.09. The van der Waals surface area contributed by atoms with Crippen LogP contribution in [0.25, 0.3) is 0 Å². The van der Waals surface area contributed by atoms with Gasteiger partial charge in [-0.2, -0.15) is 0 Å². The van der Waals surface area contributed by atoms with Crippen LogP contribution in [0.15, 0.2) is 42.6 Å². The quantitative estimate of drug-likeness (QED) is 0.844. The van der Waals surface area contributed by atoms with Gasteiger partial charge in [-0.25, -0.2) is 4.98 Å². The maximum Gasteiger partial charge on any atom is 0.126 e. The number of hydrogen-bond acceptors (Lipinski definition) is 2. The van der Waals surface area contributed by atoms with E-state index in [9.17, 15) is 0 Å². The molecule has 2 aromatic rings. The third kappa shape index (κ3) is 2.03. The topological polar surface area (TPSA) is 24.9 Å². The number of fused-ring (bicyclic) bond motifs is 1. The van der Waals surface area contributed by atoms with Crippen LogP contribution in [-0.2, 0) is 6.42 Å². The third-order valence-electron chi connectivity index (χ3n) is 3.37. The molecule has 0 spiro atoms. The lowest BCUT2D eigenvalue weighted by atomic mass is 10.1. The molecule has 1 aromatic heterocycles. The van der Waals surface area contributed by atoms with E-state index >= 15 is 0 Å². The third-order valence-corrected chi connectivity index (χ3v) is 3.37. The van der Waals surface area contributed by atoms with Crippen molar-refractivity contribution in [1.82, 2.24) is 4.98 Å². The summed E-state index contributed by atoms with van der Waals surface area (Å²) in [5, 5.41) is 3.53. The largest absolute Gasteiger partial charge is 0.363 e. The highest BCUT2D eigenvalue weighted by Crippen LogP contribution is 2.33. The molecule has 1 unspecified atom stereocenters. The number of rotatable bonds is 2. The lowest BCUT2D eigenvalue weighted by Crippen LogP contribution is -2.08. The molecule has 1 heterocycles. The Balaban J connectivity index is 1.84. The molecular formula is C15H16N2. The summed E-state index contributed by atoms with van der Waals surface area (Å²) in [7, 11) is 0. The zero-order valence-corrected chi connectivity index (χ0v) is 9.98. The fourth-order valence-corrected chi connectivity index (χ4v) is 2.50. The summed E-state index contributed by atoms with van der Waals surface area (Å²) in [5.74, 6) is 0.978. The number of benzene rings is 1. The van der Waals surface area contributed by atoms with Crippen molar-refractivity contribution in [2.24, 2.45) is 0 Å². The fraction of sp³-hybridized carbons (Fsp3) is 0.267. The van der Waals surface area contributed by atoms with Crippen LogP contribution in [-0.4, -0.2) is 4.98 Å². The van der Waals surface area contributed by atoms with Crippen LogP contribution < -0.4 is 5.32 Å². The lowest BCUT2D eigenvalue weighted by molar-refractivity contribution is 0.757. The van der Waals surface area contributed by atoms with Gasteiger partial charge in [0.25, 0.3) is 0 Å². The van der Waals surface area contributed by atoms with Crippen molar-refractivity contribution in [1.29, 1.82) is 0 Å². The molecule has 0 saturated carbocycles. The normalized spacial score (nSPS) is 17.8. The Kier molecular flexibility index (Phi) is 2.56. The van der Waals surface area contributed by atoms with Crippen LogP contribution in [0, 0.1) is 6.92 Å². The molecule has 3 rings (SSSR count). The second-order valence-corrected chi connectivity index (χ2v) is 4.65. The Bertz CT molecular complexity index is 534. The van der Waals surface area contributed by atoms with E-state index in [4.69, 9.17) is 0 Å². The summed E-state index contributed by atoms with van der Waals surface area (Å²) in [4.78, 5) is 4.36. The first kappa shape index (κ1) is 10.3. The highest BCUT2D eigenvalue weighted by Gasteiger charge is 2.21. The van der Waals surface area contributed by atoms with Gasteiger partial charge in [-0.3, -0.25) is 0 Å². The lowest BCUT2D eigenvalue weighted by Gasteiger charge is -2.14. The molecule has 2 nitrogen and oxygen atoms in total. The van der Waals surface area contributed by atoms with Crippen molar-refractivity contribution in [3.8, 4) is 0 Å². The van der Waals surface area contributed by atoms with E-state index in [1.165, 1.54) is 23.1 Å². The highest BCUT2D eigenvalue weighted by molar-refractivity contribution is 5.44. The van der Waals surface area contributed by atoms with E-state index in [1.54, 1.807) is 0 Å². The second-order valence-electron chi connectivity index (χ2n) is 4.65. The van der Waals surface area contributed by atoms with Gasteiger partial charge >= 0.3 is 0 Å². The molecule has 2 heteroatoms. The number of nitrogens with zero attached hydrogens (tertiary/aromatic N) is 1. The molecule has 0 amide bonds. The van der Waals surface area contributed by atoms with Crippen molar-refractivity contribution in [3.05, 3.63) is 59.3 Å². The molecular weight excluding hydrogens is 208 g/mol. The standard InChI is InChI=1S/C15H16N2/c1-11-8-9-16-15(10-11)17-14-7-6-12-4-2-3-5-13(12)14/h2-5,8-10,14H,6-7H2,1H3,(H,16,17). The number of pyridine rings is 1. The summed E-state index contributed by atoms with van der Waals surface area (Å²) in [5.41, 5.74) is 4.14. The first-order valence-electron chi connectivity index (χ1n) is 6.10. The summed E-state index contributed by atoms with van der Waals surface area (Å²) in [6, 6.07) is 13.2. The van der Waals surface area contributed by atoms with Gasteiger partial charge in [-0.1, -0.05) is 24.3 Å². The molecule has 1 atom stereocenters. The number of nitrogens with one attached hydrogen (secondary N) is 1. The Hall–Kier alpha value is -1.83. The van der Waals surface area contributed by atoms with E-state index in [0.717, 1.165) is 12.2 Å². The zero-order valence-electron chi connectivity index (χ0n) is 9.98. The van der Waals surface area contributed by atoms with Crippen molar-refractivity contribution < 1.29 is 0 Å². The molecule has 1 N–H and O–H groups in total. The van der Waals surface area contributed by atoms with Gasteiger partial charge in [-0.05, 0) is 48.6 Å². The predicted octanol–water partition coefficient (Wildman–Crippen LogP) is 3.49. The van der Waals surface area contributed by atoms with Gasteiger partial charge < -0.3 is 5.32 Å². The van der Waals surface area contributed by atoms with Crippen molar-refractivity contribution >= 4 is 5.82 Å². The highest BCUT2D eigenvalue weighted by atomic mass is 15.0.